The third-order valence-corrected chi connectivity index (χ3v) is 3.81. The maximum atomic E-state index is 12.1. The number of Topliss-reactive ketones (excluding diaryl/α,β-unsaturated/α-hetero) is 1. The molecule has 1 atom stereocenters. The Kier molecular flexibility index (Phi) is 4.63. The van der Waals surface area contributed by atoms with Crippen molar-refractivity contribution < 1.29 is 14.7 Å². The van der Waals surface area contributed by atoms with Gasteiger partial charge in [0.2, 0.25) is 0 Å². The molecule has 0 radical (unpaired) electrons. The van der Waals surface area contributed by atoms with Crippen molar-refractivity contribution in [2.45, 2.75) is 26.7 Å². The third kappa shape index (κ3) is 3.02. The molecule has 2 rings (SSSR count). The molecule has 1 unspecified atom stereocenters. The molecular formula is C16H17N3O3. The molecule has 1 aromatic carbocycles. The molecule has 6 nitrogen and oxygen atoms in total. The van der Waals surface area contributed by atoms with Crippen molar-refractivity contribution in [2.24, 2.45) is 11.0 Å². The minimum atomic E-state index is -0.340. The van der Waals surface area contributed by atoms with Gasteiger partial charge < -0.3 is 5.11 Å². The Morgan fingerprint density at radius 2 is 2.09 bits per heavy atom. The zero-order valence-electron chi connectivity index (χ0n) is 12.5. The molecule has 1 N–H and O–H groups in total. The molecule has 0 bridgehead atoms. The Bertz CT molecular complexity index is 716. The van der Waals surface area contributed by atoms with E-state index >= 15 is 0 Å². The largest absolute Gasteiger partial charge is 0.507 e. The Labute approximate surface area is 128 Å². The van der Waals surface area contributed by atoms with Crippen molar-refractivity contribution in [3.8, 4) is 5.75 Å². The molecule has 1 aliphatic carbocycles. The van der Waals surface area contributed by atoms with E-state index in [2.05, 4.69) is 10.0 Å². The maximum Gasteiger partial charge on any atom is 0.190 e. The summed E-state index contributed by atoms with van der Waals surface area (Å²) in [4.78, 5) is 26.8. The fourth-order valence-corrected chi connectivity index (χ4v) is 2.58. The van der Waals surface area contributed by atoms with Gasteiger partial charge in [0.15, 0.2) is 11.6 Å². The summed E-state index contributed by atoms with van der Waals surface area (Å²) in [7, 11) is 0. The number of azide groups is 1. The smallest absolute Gasteiger partial charge is 0.190 e. The van der Waals surface area contributed by atoms with Crippen molar-refractivity contribution in [1.29, 1.82) is 0 Å². The number of allylic oxidation sites excluding steroid dienone is 2. The number of phenolic OH excluding ortho intramolecular Hbond substituents is 1. The Morgan fingerprint density at radius 3 is 2.77 bits per heavy atom. The number of hydrogen-bond acceptors (Lipinski definition) is 4. The van der Waals surface area contributed by atoms with Crippen LogP contribution in [0.25, 0.3) is 10.4 Å². The number of phenols is 1. The monoisotopic (exact) mass is 299 g/mol. The second kappa shape index (κ2) is 6.45. The van der Waals surface area contributed by atoms with Crippen LogP contribution in [0.4, 0.5) is 0 Å². The van der Waals surface area contributed by atoms with Crippen LogP contribution < -0.4 is 0 Å². The van der Waals surface area contributed by atoms with Crippen LogP contribution in [0.5, 0.6) is 5.75 Å². The molecule has 0 amide bonds. The summed E-state index contributed by atoms with van der Waals surface area (Å²) in [6.45, 7) is 3.96. The van der Waals surface area contributed by atoms with Crippen molar-refractivity contribution in [3.05, 3.63) is 50.9 Å². The number of ketones is 2. The summed E-state index contributed by atoms with van der Waals surface area (Å²) in [6, 6.07) is 3.28. The summed E-state index contributed by atoms with van der Waals surface area (Å²) < 4.78 is 0. The second-order valence-corrected chi connectivity index (χ2v) is 5.57. The van der Waals surface area contributed by atoms with E-state index in [0.29, 0.717) is 30.5 Å². The first kappa shape index (κ1) is 15.8. The normalized spacial score (nSPS) is 14.9. The molecule has 0 saturated carbocycles. The highest BCUT2D eigenvalue weighted by Gasteiger charge is 2.27. The summed E-state index contributed by atoms with van der Waals surface area (Å²) in [5.74, 6) is -0.502. The molecule has 1 aliphatic rings. The summed E-state index contributed by atoms with van der Waals surface area (Å²) in [5, 5.41) is 13.8. The molecule has 22 heavy (non-hydrogen) atoms. The first-order valence-corrected chi connectivity index (χ1v) is 7.08. The highest BCUT2D eigenvalue weighted by atomic mass is 16.3. The minimum Gasteiger partial charge on any atom is -0.507 e. The number of fused-ring (bicyclic) bond motifs is 1. The van der Waals surface area contributed by atoms with Gasteiger partial charge in [0.1, 0.15) is 5.75 Å². The zero-order valence-corrected chi connectivity index (χ0v) is 12.5. The molecule has 6 heteroatoms. The van der Waals surface area contributed by atoms with E-state index in [0.717, 1.165) is 0 Å². The van der Waals surface area contributed by atoms with E-state index in [-0.39, 0.29) is 34.4 Å². The van der Waals surface area contributed by atoms with Crippen LogP contribution in [-0.4, -0.2) is 23.2 Å². The van der Waals surface area contributed by atoms with Crippen LogP contribution in [0.15, 0.2) is 28.9 Å². The average Bonchev–Trinajstić information content (AvgIpc) is 2.47. The predicted octanol–water partition coefficient (Wildman–Crippen LogP) is 3.60. The Hall–Kier alpha value is -2.59. The van der Waals surface area contributed by atoms with Gasteiger partial charge in [-0.05, 0) is 48.9 Å². The van der Waals surface area contributed by atoms with E-state index in [1.807, 2.05) is 6.92 Å². The van der Waals surface area contributed by atoms with Gasteiger partial charge in [0.25, 0.3) is 0 Å². The standard InChI is InChI=1S/C16H17N3O3/c1-9(5-6-18-19-17)7-11-3-4-12-14(16(11)22)13(20)8-10(2)15(12)21/h3-4,8-9,22H,5-7H2,1-2H3. The number of carbonyl (C=O) groups excluding carboxylic acids is 2. The van der Waals surface area contributed by atoms with Crippen molar-refractivity contribution in [3.63, 3.8) is 0 Å². The first-order chi connectivity index (χ1) is 10.5. The van der Waals surface area contributed by atoms with E-state index in [9.17, 15) is 14.7 Å². The Balaban J connectivity index is 2.28. The first-order valence-electron chi connectivity index (χ1n) is 7.08. The van der Waals surface area contributed by atoms with Gasteiger partial charge in [-0.15, -0.1) is 0 Å². The highest BCUT2D eigenvalue weighted by Crippen LogP contribution is 2.33. The summed E-state index contributed by atoms with van der Waals surface area (Å²) in [5.41, 5.74) is 9.62. The van der Waals surface area contributed by atoms with E-state index in [1.54, 1.807) is 19.1 Å². The summed E-state index contributed by atoms with van der Waals surface area (Å²) >= 11 is 0. The maximum absolute atomic E-state index is 12.1. The number of carbonyl (C=O) groups is 2. The van der Waals surface area contributed by atoms with Crippen LogP contribution in [0.3, 0.4) is 0 Å². The van der Waals surface area contributed by atoms with Gasteiger partial charge in [-0.25, -0.2) is 0 Å². The molecule has 0 fully saturated rings. The molecule has 0 spiro atoms. The molecule has 0 heterocycles. The molecule has 0 saturated heterocycles. The van der Waals surface area contributed by atoms with Crippen LogP contribution in [-0.2, 0) is 6.42 Å². The van der Waals surface area contributed by atoms with E-state index < -0.39 is 0 Å². The number of benzene rings is 1. The van der Waals surface area contributed by atoms with E-state index in [4.69, 9.17) is 5.53 Å². The quantitative estimate of drug-likeness (QED) is 0.510. The van der Waals surface area contributed by atoms with Crippen molar-refractivity contribution in [1.82, 2.24) is 0 Å². The van der Waals surface area contributed by atoms with Crippen LogP contribution in [0, 0.1) is 5.92 Å². The number of hydrogen-bond donors (Lipinski definition) is 1. The Morgan fingerprint density at radius 1 is 1.36 bits per heavy atom. The third-order valence-electron chi connectivity index (χ3n) is 3.81. The lowest BCUT2D eigenvalue weighted by molar-refractivity contribution is 0.0982. The van der Waals surface area contributed by atoms with Gasteiger partial charge in [0.05, 0.1) is 5.56 Å². The molecule has 1 aromatic rings. The molecule has 114 valence electrons. The minimum absolute atomic E-state index is 0.0929. The average molecular weight is 299 g/mol. The SMILES string of the molecule is CC1=CC(=O)c2c(ccc(CC(C)CCN=[N+]=[N-])c2O)C1=O. The second-order valence-electron chi connectivity index (χ2n) is 5.57. The summed E-state index contributed by atoms with van der Waals surface area (Å²) in [6.07, 6.45) is 2.50. The van der Waals surface area contributed by atoms with Crippen LogP contribution >= 0.6 is 0 Å². The lowest BCUT2D eigenvalue weighted by Gasteiger charge is -2.18. The van der Waals surface area contributed by atoms with Gasteiger partial charge in [0, 0.05) is 22.6 Å². The van der Waals surface area contributed by atoms with Crippen molar-refractivity contribution >= 4 is 11.6 Å². The molecule has 0 aliphatic heterocycles. The predicted molar refractivity (Wildman–Crippen MR) is 82.0 cm³/mol. The molecule has 0 aromatic heterocycles. The molecular weight excluding hydrogens is 282 g/mol. The van der Waals surface area contributed by atoms with Crippen LogP contribution in [0.1, 0.15) is 46.5 Å². The van der Waals surface area contributed by atoms with E-state index in [1.165, 1.54) is 6.08 Å². The lowest BCUT2D eigenvalue weighted by Crippen LogP contribution is -2.16. The fraction of sp³-hybridized carbons (Fsp3) is 0.375. The van der Waals surface area contributed by atoms with Crippen LogP contribution in [0.2, 0.25) is 0 Å². The fourth-order valence-electron chi connectivity index (χ4n) is 2.58. The van der Waals surface area contributed by atoms with Gasteiger partial charge in [-0.3, -0.25) is 9.59 Å². The zero-order chi connectivity index (χ0) is 16.3. The number of rotatable bonds is 5. The number of aromatic hydroxyl groups is 1. The number of nitrogens with zero attached hydrogens (tertiary/aromatic N) is 3. The van der Waals surface area contributed by atoms with Gasteiger partial charge in [-0.2, -0.15) is 0 Å². The lowest BCUT2D eigenvalue weighted by atomic mass is 9.86. The highest BCUT2D eigenvalue weighted by molar-refractivity contribution is 6.25. The van der Waals surface area contributed by atoms with Crippen molar-refractivity contribution in [2.75, 3.05) is 6.54 Å². The van der Waals surface area contributed by atoms with Gasteiger partial charge >= 0.3 is 0 Å². The topological polar surface area (TPSA) is 103 Å². The van der Waals surface area contributed by atoms with Gasteiger partial charge in [-0.1, -0.05) is 18.1 Å².